The van der Waals surface area contributed by atoms with E-state index in [9.17, 15) is 22.8 Å². The molecule has 1 aliphatic heterocycles. The minimum absolute atomic E-state index is 0.332. The summed E-state index contributed by atoms with van der Waals surface area (Å²) in [6.45, 7) is 4.58. The highest BCUT2D eigenvalue weighted by Crippen LogP contribution is 2.31. The minimum atomic E-state index is -4.40. The number of rotatable bonds is 4. The van der Waals surface area contributed by atoms with Crippen molar-refractivity contribution in [3.05, 3.63) is 45.4 Å². The first-order valence-corrected chi connectivity index (χ1v) is 9.78. The summed E-state index contributed by atoms with van der Waals surface area (Å²) in [6.07, 6.45) is -4.40. The van der Waals surface area contributed by atoms with E-state index in [-0.39, 0.29) is 12.5 Å². The number of aromatic nitrogens is 1. The molecule has 1 aromatic carbocycles. The summed E-state index contributed by atoms with van der Waals surface area (Å²) in [4.78, 5) is 32.3. The summed E-state index contributed by atoms with van der Waals surface area (Å²) < 4.78 is 43.8. The van der Waals surface area contributed by atoms with Gasteiger partial charge in [-0.05, 0) is 32.0 Å². The molecule has 0 radical (unpaired) electrons. The maximum atomic E-state index is 12.9. The van der Waals surface area contributed by atoms with Gasteiger partial charge >= 0.3 is 12.1 Å². The number of aryl methyl sites for hydroxylation is 2. The predicted molar refractivity (Wildman–Crippen MR) is 102 cm³/mol. The minimum Gasteiger partial charge on any atom is -0.451 e. The van der Waals surface area contributed by atoms with Gasteiger partial charge in [0.25, 0.3) is 5.91 Å². The molecule has 1 amide bonds. The Bertz CT molecular complexity index is 906. The lowest BCUT2D eigenvalue weighted by Gasteiger charge is -2.36. The Balaban J connectivity index is 1.52. The number of carbonyl (C=O) groups is 2. The molecule has 10 heteroatoms. The lowest BCUT2D eigenvalue weighted by atomic mass is 10.1. The zero-order valence-electron chi connectivity index (χ0n) is 16.0. The average molecular weight is 427 g/mol. The normalized spacial score (nSPS) is 14.8. The zero-order chi connectivity index (χ0) is 21.2. The molecule has 29 heavy (non-hydrogen) atoms. The fraction of sp³-hybridized carbons (Fsp3) is 0.421. The Morgan fingerprint density at radius 2 is 1.86 bits per heavy atom. The van der Waals surface area contributed by atoms with E-state index in [1.54, 1.807) is 29.7 Å². The van der Waals surface area contributed by atoms with E-state index in [0.717, 1.165) is 17.1 Å². The third-order valence-corrected chi connectivity index (χ3v) is 5.64. The van der Waals surface area contributed by atoms with Crippen LogP contribution in [0.25, 0.3) is 0 Å². The van der Waals surface area contributed by atoms with Crippen molar-refractivity contribution in [2.45, 2.75) is 20.0 Å². The maximum absolute atomic E-state index is 12.9. The van der Waals surface area contributed by atoms with Gasteiger partial charge < -0.3 is 14.5 Å². The van der Waals surface area contributed by atoms with Crippen LogP contribution in [0.2, 0.25) is 0 Å². The van der Waals surface area contributed by atoms with Gasteiger partial charge in [-0.2, -0.15) is 13.2 Å². The molecule has 1 aromatic heterocycles. The fourth-order valence-corrected chi connectivity index (χ4v) is 3.91. The van der Waals surface area contributed by atoms with Crippen molar-refractivity contribution < 1.29 is 27.5 Å². The Kier molecular flexibility index (Phi) is 6.11. The highest BCUT2D eigenvalue weighted by molar-refractivity contribution is 7.13. The molecule has 0 N–H and O–H groups in total. The molecule has 0 saturated carbocycles. The second-order valence-corrected chi connectivity index (χ2v) is 7.84. The van der Waals surface area contributed by atoms with Crippen molar-refractivity contribution in [1.29, 1.82) is 0 Å². The van der Waals surface area contributed by atoms with Crippen LogP contribution < -0.4 is 4.90 Å². The molecule has 1 fully saturated rings. The number of amides is 1. The molecule has 0 aliphatic carbocycles. The van der Waals surface area contributed by atoms with E-state index in [1.807, 2.05) is 0 Å². The van der Waals surface area contributed by atoms with Crippen LogP contribution >= 0.6 is 11.3 Å². The highest BCUT2D eigenvalue weighted by atomic mass is 32.1. The van der Waals surface area contributed by atoms with Crippen LogP contribution in [-0.4, -0.2) is 54.5 Å². The Morgan fingerprint density at radius 1 is 1.17 bits per heavy atom. The second kappa shape index (κ2) is 8.40. The molecule has 0 bridgehead atoms. The molecule has 2 aromatic rings. The summed E-state index contributed by atoms with van der Waals surface area (Å²) in [6, 6.07) is 5.13. The zero-order valence-corrected chi connectivity index (χ0v) is 16.8. The van der Waals surface area contributed by atoms with Gasteiger partial charge in [-0.15, -0.1) is 11.3 Å². The first-order chi connectivity index (χ1) is 13.6. The van der Waals surface area contributed by atoms with Gasteiger partial charge in [0.2, 0.25) is 0 Å². The molecule has 3 rings (SSSR count). The number of hydrogen-bond acceptors (Lipinski definition) is 6. The van der Waals surface area contributed by atoms with E-state index in [0.29, 0.717) is 42.4 Å². The van der Waals surface area contributed by atoms with Gasteiger partial charge in [0.05, 0.1) is 16.3 Å². The number of halogens is 3. The van der Waals surface area contributed by atoms with Crippen molar-refractivity contribution in [2.24, 2.45) is 0 Å². The molecular weight excluding hydrogens is 407 g/mol. The smallest absolute Gasteiger partial charge is 0.416 e. The Morgan fingerprint density at radius 3 is 2.45 bits per heavy atom. The summed E-state index contributed by atoms with van der Waals surface area (Å²) in [5.74, 6) is -0.912. The van der Waals surface area contributed by atoms with Gasteiger partial charge in [-0.25, -0.2) is 9.78 Å². The molecule has 0 spiro atoms. The molecule has 1 aliphatic rings. The van der Waals surface area contributed by atoms with Crippen LogP contribution in [0.4, 0.5) is 18.9 Å². The highest BCUT2D eigenvalue weighted by Gasteiger charge is 2.31. The second-order valence-electron chi connectivity index (χ2n) is 6.64. The van der Waals surface area contributed by atoms with Gasteiger partial charge in [0, 0.05) is 31.9 Å². The summed E-state index contributed by atoms with van der Waals surface area (Å²) in [5, 5.41) is 0.742. The van der Waals surface area contributed by atoms with Gasteiger partial charge in [0.15, 0.2) is 6.61 Å². The molecule has 2 heterocycles. The molecule has 0 unspecified atom stereocenters. The predicted octanol–water partition coefficient (Wildman–Crippen LogP) is 3.28. The summed E-state index contributed by atoms with van der Waals surface area (Å²) >= 11 is 1.21. The van der Waals surface area contributed by atoms with Gasteiger partial charge in [-0.1, -0.05) is 6.07 Å². The molecule has 6 nitrogen and oxygen atoms in total. The van der Waals surface area contributed by atoms with E-state index < -0.39 is 17.7 Å². The third kappa shape index (κ3) is 5.06. The number of thiazole rings is 1. The van der Waals surface area contributed by atoms with Crippen LogP contribution in [0.15, 0.2) is 24.3 Å². The number of piperazine rings is 1. The summed E-state index contributed by atoms with van der Waals surface area (Å²) in [7, 11) is 0. The van der Waals surface area contributed by atoms with Crippen molar-refractivity contribution >= 4 is 28.9 Å². The first-order valence-electron chi connectivity index (χ1n) is 8.96. The van der Waals surface area contributed by atoms with E-state index in [4.69, 9.17) is 4.74 Å². The summed E-state index contributed by atoms with van der Waals surface area (Å²) in [5.41, 5.74) is 0.336. The van der Waals surface area contributed by atoms with E-state index in [2.05, 4.69) is 4.98 Å². The third-order valence-electron chi connectivity index (χ3n) is 4.59. The van der Waals surface area contributed by atoms with Gasteiger partial charge in [0.1, 0.15) is 4.88 Å². The lowest BCUT2D eigenvalue weighted by Crippen LogP contribution is -2.50. The molecule has 156 valence electrons. The number of benzene rings is 1. The number of nitrogens with zero attached hydrogens (tertiary/aromatic N) is 3. The fourth-order valence-electron chi connectivity index (χ4n) is 3.10. The Hall–Kier alpha value is -2.62. The van der Waals surface area contributed by atoms with Crippen molar-refractivity contribution in [3.63, 3.8) is 0 Å². The number of hydrogen-bond donors (Lipinski definition) is 0. The SMILES string of the molecule is Cc1nc(C)c(C(=O)OCC(=O)N2CCN(c3cccc(C(F)(F)F)c3)CC2)s1. The number of ether oxygens (including phenoxy) is 1. The quantitative estimate of drug-likeness (QED) is 0.701. The number of carbonyl (C=O) groups excluding carboxylic acids is 2. The van der Waals surface area contributed by atoms with Crippen molar-refractivity contribution in [1.82, 2.24) is 9.88 Å². The first kappa shape index (κ1) is 21.1. The van der Waals surface area contributed by atoms with Crippen molar-refractivity contribution in [3.8, 4) is 0 Å². The number of alkyl halides is 3. The average Bonchev–Trinajstić information content (AvgIpc) is 3.03. The van der Waals surface area contributed by atoms with E-state index in [1.165, 1.54) is 17.4 Å². The van der Waals surface area contributed by atoms with Crippen LogP contribution in [0, 0.1) is 13.8 Å². The Labute approximate surface area is 169 Å². The maximum Gasteiger partial charge on any atom is 0.416 e. The molecule has 0 atom stereocenters. The van der Waals surface area contributed by atoms with E-state index >= 15 is 0 Å². The van der Waals surface area contributed by atoms with Crippen LogP contribution in [-0.2, 0) is 15.7 Å². The number of esters is 1. The molecular formula is C19H20F3N3O3S. The largest absolute Gasteiger partial charge is 0.451 e. The standard InChI is InChI=1S/C19H20F3N3O3S/c1-12-17(29-13(2)23-12)18(27)28-11-16(26)25-8-6-24(7-9-25)15-5-3-4-14(10-15)19(20,21)22/h3-5,10H,6-9,11H2,1-2H3. The number of anilines is 1. The lowest BCUT2D eigenvalue weighted by molar-refractivity contribution is -0.137. The van der Waals surface area contributed by atoms with Crippen molar-refractivity contribution in [2.75, 3.05) is 37.7 Å². The molecule has 1 saturated heterocycles. The van der Waals surface area contributed by atoms with Crippen LogP contribution in [0.5, 0.6) is 0 Å². The van der Waals surface area contributed by atoms with Crippen LogP contribution in [0.1, 0.15) is 25.9 Å². The monoisotopic (exact) mass is 427 g/mol. The van der Waals surface area contributed by atoms with Gasteiger partial charge in [-0.3, -0.25) is 4.79 Å². The van der Waals surface area contributed by atoms with Crippen LogP contribution in [0.3, 0.4) is 0 Å². The topological polar surface area (TPSA) is 62.7 Å².